The van der Waals surface area contributed by atoms with E-state index in [9.17, 15) is 9.59 Å². The highest BCUT2D eigenvalue weighted by Gasteiger charge is 2.54. The zero-order valence-electron chi connectivity index (χ0n) is 15.7. The zero-order chi connectivity index (χ0) is 20.1. The fourth-order valence-corrected chi connectivity index (χ4v) is 3.16. The molecule has 0 unspecified atom stereocenters. The average Bonchev–Trinajstić information content (AvgIpc) is 3.11. The van der Waals surface area contributed by atoms with Gasteiger partial charge in [-0.25, -0.2) is 14.6 Å². The van der Waals surface area contributed by atoms with Gasteiger partial charge in [0.15, 0.2) is 0 Å². The lowest BCUT2D eigenvalue weighted by molar-refractivity contribution is -0.159. The Balaban J connectivity index is 1.66. The molecule has 5 heteroatoms. The fourth-order valence-electron chi connectivity index (χ4n) is 3.16. The van der Waals surface area contributed by atoms with Gasteiger partial charge in [-0.15, -0.1) is 0 Å². The summed E-state index contributed by atoms with van der Waals surface area (Å²) in [5.74, 6) is -1.32. The first-order chi connectivity index (χ1) is 14.2. The molecule has 4 rings (SSSR count). The van der Waals surface area contributed by atoms with Crippen LogP contribution in [0.25, 0.3) is 0 Å². The highest BCUT2D eigenvalue weighted by Crippen LogP contribution is 2.29. The lowest BCUT2D eigenvalue weighted by Crippen LogP contribution is -2.46. The highest BCUT2D eigenvalue weighted by atomic mass is 16.6. The summed E-state index contributed by atoms with van der Waals surface area (Å²) in [5, 5.41) is 0. The van der Waals surface area contributed by atoms with Crippen LogP contribution in [0.5, 0.6) is 0 Å². The van der Waals surface area contributed by atoms with Crippen molar-refractivity contribution in [2.75, 3.05) is 0 Å². The van der Waals surface area contributed by atoms with Gasteiger partial charge in [0, 0.05) is 12.0 Å². The third-order valence-electron chi connectivity index (χ3n) is 4.69. The smallest absolute Gasteiger partial charge is 0.353 e. The van der Waals surface area contributed by atoms with Crippen molar-refractivity contribution in [1.29, 1.82) is 0 Å². The number of nitrogens with zero attached hydrogens (tertiary/aromatic N) is 1. The molecule has 0 aromatic heterocycles. The van der Waals surface area contributed by atoms with Crippen LogP contribution in [-0.2, 0) is 32.1 Å². The number of carbonyl (C=O) groups excluding carboxylic acids is 2. The molecule has 0 N–H and O–H groups in total. The van der Waals surface area contributed by atoms with Gasteiger partial charge in [-0.3, -0.25) is 0 Å². The Morgan fingerprint density at radius 2 is 1.38 bits per heavy atom. The van der Waals surface area contributed by atoms with Crippen LogP contribution in [0, 0.1) is 0 Å². The summed E-state index contributed by atoms with van der Waals surface area (Å²) in [6.45, 7) is 0.0552. The number of carbonyl (C=O) groups is 2. The fraction of sp³-hybridized carbons (Fsp3) is 0.125. The van der Waals surface area contributed by atoms with Gasteiger partial charge in [0.25, 0.3) is 5.54 Å². The van der Waals surface area contributed by atoms with Gasteiger partial charge < -0.3 is 9.47 Å². The maximum Gasteiger partial charge on any atom is 0.353 e. The number of cyclic esters (lactones) is 1. The molecule has 1 heterocycles. The zero-order valence-corrected chi connectivity index (χ0v) is 15.7. The van der Waals surface area contributed by atoms with Gasteiger partial charge in [-0.2, -0.15) is 0 Å². The van der Waals surface area contributed by atoms with E-state index in [-0.39, 0.29) is 18.9 Å². The van der Waals surface area contributed by atoms with Crippen molar-refractivity contribution in [2.24, 2.45) is 4.99 Å². The Kier molecular flexibility index (Phi) is 5.20. The van der Waals surface area contributed by atoms with E-state index in [4.69, 9.17) is 9.47 Å². The van der Waals surface area contributed by atoms with Crippen molar-refractivity contribution in [2.45, 2.75) is 18.6 Å². The van der Waals surface area contributed by atoms with E-state index >= 15 is 0 Å². The van der Waals surface area contributed by atoms with Crippen LogP contribution in [0.1, 0.15) is 16.7 Å². The van der Waals surface area contributed by atoms with Gasteiger partial charge in [-0.05, 0) is 23.3 Å². The van der Waals surface area contributed by atoms with Crippen LogP contribution >= 0.6 is 0 Å². The largest absolute Gasteiger partial charge is 0.459 e. The summed E-state index contributed by atoms with van der Waals surface area (Å²) in [5.41, 5.74) is 0.488. The number of rotatable bonds is 6. The molecule has 3 aromatic rings. The quantitative estimate of drug-likeness (QED) is 0.479. The van der Waals surface area contributed by atoms with Crippen LogP contribution in [0.3, 0.4) is 0 Å². The second-order valence-electron chi connectivity index (χ2n) is 6.76. The van der Waals surface area contributed by atoms with Gasteiger partial charge in [-0.1, -0.05) is 78.9 Å². The maximum absolute atomic E-state index is 13.1. The molecular weight excluding hydrogens is 366 g/mol. The third-order valence-corrected chi connectivity index (χ3v) is 4.69. The van der Waals surface area contributed by atoms with Crippen LogP contribution < -0.4 is 0 Å². The topological polar surface area (TPSA) is 65.0 Å². The summed E-state index contributed by atoms with van der Waals surface area (Å²) < 4.78 is 10.9. The number of benzene rings is 3. The monoisotopic (exact) mass is 385 g/mol. The minimum Gasteiger partial charge on any atom is -0.459 e. The second kappa shape index (κ2) is 8.10. The first-order valence-corrected chi connectivity index (χ1v) is 9.30. The van der Waals surface area contributed by atoms with E-state index in [2.05, 4.69) is 4.99 Å². The molecule has 0 bridgehead atoms. The van der Waals surface area contributed by atoms with E-state index in [1.165, 1.54) is 0 Å². The van der Waals surface area contributed by atoms with E-state index < -0.39 is 17.5 Å². The van der Waals surface area contributed by atoms with E-state index in [0.29, 0.717) is 5.56 Å². The van der Waals surface area contributed by atoms with Crippen LogP contribution in [-0.4, -0.2) is 23.4 Å². The second-order valence-corrected chi connectivity index (χ2v) is 6.76. The first kappa shape index (κ1) is 18.6. The molecule has 1 aliphatic rings. The van der Waals surface area contributed by atoms with Gasteiger partial charge >= 0.3 is 11.9 Å². The average molecular weight is 385 g/mol. The van der Waals surface area contributed by atoms with Crippen LogP contribution in [0.4, 0.5) is 0 Å². The molecule has 3 aromatic carbocycles. The first-order valence-electron chi connectivity index (χ1n) is 9.30. The van der Waals surface area contributed by atoms with Gasteiger partial charge in [0.1, 0.15) is 6.61 Å². The van der Waals surface area contributed by atoms with Gasteiger partial charge in [0.05, 0.1) is 0 Å². The van der Waals surface area contributed by atoms with E-state index in [1.807, 2.05) is 78.9 Å². The molecule has 0 saturated heterocycles. The van der Waals surface area contributed by atoms with Crippen LogP contribution in [0.2, 0.25) is 0 Å². The molecule has 0 fully saturated rings. The number of hydrogen-bond donors (Lipinski definition) is 0. The molecule has 29 heavy (non-hydrogen) atoms. The molecule has 5 nitrogen and oxygen atoms in total. The van der Waals surface area contributed by atoms with Crippen molar-refractivity contribution in [3.8, 4) is 0 Å². The summed E-state index contributed by atoms with van der Waals surface area (Å²) in [6, 6.07) is 27.6. The Hall–Kier alpha value is -3.73. The summed E-state index contributed by atoms with van der Waals surface area (Å²) in [4.78, 5) is 30.5. The Morgan fingerprint density at radius 1 is 0.828 bits per heavy atom. The normalized spacial score (nSPS) is 18.1. The van der Waals surface area contributed by atoms with Gasteiger partial charge in [0.2, 0.25) is 5.90 Å². The lowest BCUT2D eigenvalue weighted by Gasteiger charge is -2.20. The van der Waals surface area contributed by atoms with E-state index in [0.717, 1.165) is 11.1 Å². The van der Waals surface area contributed by atoms with Crippen molar-refractivity contribution in [3.05, 3.63) is 108 Å². The molecule has 0 spiro atoms. The summed E-state index contributed by atoms with van der Waals surface area (Å²) in [7, 11) is 0. The van der Waals surface area contributed by atoms with E-state index in [1.54, 1.807) is 12.1 Å². The predicted molar refractivity (Wildman–Crippen MR) is 108 cm³/mol. The molecule has 1 aliphatic heterocycles. The molecule has 0 aliphatic carbocycles. The molecule has 0 amide bonds. The Bertz CT molecular complexity index is 1030. The summed E-state index contributed by atoms with van der Waals surface area (Å²) in [6.07, 6.45) is 0.0661. The third kappa shape index (κ3) is 3.94. The SMILES string of the molecule is O=C(OCc1ccccc1)[C@]1(Cc2ccccc2)N=C(c2ccccc2)OC1=O. The summed E-state index contributed by atoms with van der Waals surface area (Å²) >= 11 is 0. The number of esters is 2. The minimum absolute atomic E-state index is 0.0552. The predicted octanol–water partition coefficient (Wildman–Crippen LogP) is 3.71. The molecule has 0 saturated carbocycles. The number of aliphatic imine (C=N–C) groups is 1. The molecule has 0 radical (unpaired) electrons. The lowest BCUT2D eigenvalue weighted by atomic mass is 9.92. The minimum atomic E-state index is -1.76. The number of ether oxygens (including phenoxy) is 2. The Morgan fingerprint density at radius 3 is 2.00 bits per heavy atom. The number of hydrogen-bond acceptors (Lipinski definition) is 5. The standard InChI is InChI=1S/C24H19NO4/c26-22(28-17-19-12-6-2-7-13-19)24(16-18-10-4-1-5-11-18)23(27)29-21(25-24)20-14-8-3-9-15-20/h1-15H,16-17H2/t24-/m0/s1. The highest BCUT2D eigenvalue weighted by molar-refractivity contribution is 6.17. The van der Waals surface area contributed by atoms with Crippen molar-refractivity contribution in [3.63, 3.8) is 0 Å². The van der Waals surface area contributed by atoms with Crippen molar-refractivity contribution < 1.29 is 19.1 Å². The van der Waals surface area contributed by atoms with Crippen LogP contribution in [0.15, 0.2) is 96.0 Å². The Labute approximate surface area is 168 Å². The molecular formula is C24H19NO4. The van der Waals surface area contributed by atoms with Crippen molar-refractivity contribution in [1.82, 2.24) is 0 Å². The van der Waals surface area contributed by atoms with Crippen molar-refractivity contribution >= 4 is 17.8 Å². The maximum atomic E-state index is 13.1. The molecule has 1 atom stereocenters. The molecule has 144 valence electrons.